The molecule has 0 saturated carbocycles. The average Bonchev–Trinajstić information content (AvgIpc) is 2.51. The van der Waals surface area contributed by atoms with E-state index in [0.29, 0.717) is 17.8 Å². The Labute approximate surface area is 95.5 Å². The van der Waals surface area contributed by atoms with Gasteiger partial charge < -0.3 is 0 Å². The van der Waals surface area contributed by atoms with E-state index in [1.54, 1.807) is 13.8 Å². The Hall–Kier alpha value is -1.85. The second kappa shape index (κ2) is 3.87. The number of carbonyl (C=O) groups is 1. The fourth-order valence-electron chi connectivity index (χ4n) is 1.50. The van der Waals surface area contributed by atoms with Crippen LogP contribution in [0.15, 0.2) is 17.2 Å². The zero-order valence-electron chi connectivity index (χ0n) is 9.17. The monoisotopic (exact) mass is 242 g/mol. The molecule has 1 aromatic carbocycles. The Morgan fingerprint density at radius 1 is 1.18 bits per heavy atom. The van der Waals surface area contributed by atoms with Crippen LogP contribution in [0.2, 0.25) is 0 Å². The van der Waals surface area contributed by atoms with Crippen molar-refractivity contribution in [3.05, 3.63) is 29.6 Å². The summed E-state index contributed by atoms with van der Waals surface area (Å²) in [6.45, 7) is 3.22. The van der Waals surface area contributed by atoms with Gasteiger partial charge in [-0.2, -0.15) is 10.1 Å². The van der Waals surface area contributed by atoms with E-state index in [9.17, 15) is 18.0 Å². The van der Waals surface area contributed by atoms with E-state index in [-0.39, 0.29) is 5.69 Å². The van der Waals surface area contributed by atoms with Crippen LogP contribution in [0.25, 0.3) is 0 Å². The van der Waals surface area contributed by atoms with Gasteiger partial charge in [0.25, 0.3) is 5.91 Å². The van der Waals surface area contributed by atoms with Crippen LogP contribution in [-0.2, 0) is 4.79 Å². The summed E-state index contributed by atoms with van der Waals surface area (Å²) in [5.74, 6) is -4.49. The molecule has 6 heteroatoms. The summed E-state index contributed by atoms with van der Waals surface area (Å²) in [6, 6.07) is 1.02. The van der Waals surface area contributed by atoms with E-state index in [4.69, 9.17) is 0 Å². The molecule has 1 unspecified atom stereocenters. The van der Waals surface area contributed by atoms with Crippen molar-refractivity contribution in [3.8, 4) is 0 Å². The number of amides is 1. The molecule has 0 aliphatic carbocycles. The topological polar surface area (TPSA) is 32.7 Å². The molecular weight excluding hydrogens is 233 g/mol. The number of hydrogen-bond donors (Lipinski definition) is 0. The molecule has 1 atom stereocenters. The molecule has 1 heterocycles. The summed E-state index contributed by atoms with van der Waals surface area (Å²) in [4.78, 5) is 11.7. The van der Waals surface area contributed by atoms with Crippen molar-refractivity contribution in [3.63, 3.8) is 0 Å². The molecule has 0 bridgehead atoms. The summed E-state index contributed by atoms with van der Waals surface area (Å²) < 4.78 is 39.2. The number of carbonyl (C=O) groups excluding carboxylic acids is 1. The standard InChI is InChI=1S/C11H9F3N2O/c1-5-6(2)15-16(11(5)17)10-4-8(13)7(12)3-9(10)14/h3-5H,1-2H3. The quantitative estimate of drug-likeness (QED) is 0.696. The number of benzene rings is 1. The van der Waals surface area contributed by atoms with Crippen LogP contribution in [0.3, 0.4) is 0 Å². The molecule has 90 valence electrons. The lowest BCUT2D eigenvalue weighted by Crippen LogP contribution is -2.26. The van der Waals surface area contributed by atoms with Gasteiger partial charge in [0.2, 0.25) is 0 Å². The molecule has 17 heavy (non-hydrogen) atoms. The highest BCUT2D eigenvalue weighted by Crippen LogP contribution is 2.27. The molecule has 0 aromatic heterocycles. The first-order valence-corrected chi connectivity index (χ1v) is 4.95. The Bertz CT molecular complexity index is 528. The number of hydrogen-bond acceptors (Lipinski definition) is 2. The van der Waals surface area contributed by atoms with Crippen LogP contribution >= 0.6 is 0 Å². The van der Waals surface area contributed by atoms with Crippen molar-refractivity contribution in [2.75, 3.05) is 5.01 Å². The van der Waals surface area contributed by atoms with Crippen molar-refractivity contribution in [2.24, 2.45) is 11.0 Å². The van der Waals surface area contributed by atoms with Crippen molar-refractivity contribution < 1.29 is 18.0 Å². The molecule has 0 saturated heterocycles. The lowest BCUT2D eigenvalue weighted by molar-refractivity contribution is -0.119. The summed E-state index contributed by atoms with van der Waals surface area (Å²) >= 11 is 0. The predicted octanol–water partition coefficient (Wildman–Crippen LogP) is 2.46. The first kappa shape index (κ1) is 11.6. The summed E-state index contributed by atoms with van der Waals surface area (Å²) in [5.41, 5.74) is 0.122. The van der Waals surface area contributed by atoms with Crippen molar-refractivity contribution >= 4 is 17.3 Å². The van der Waals surface area contributed by atoms with Gasteiger partial charge in [0.1, 0.15) is 5.69 Å². The Kier molecular flexibility index (Phi) is 2.65. The maximum atomic E-state index is 13.4. The van der Waals surface area contributed by atoms with E-state index >= 15 is 0 Å². The average molecular weight is 242 g/mol. The van der Waals surface area contributed by atoms with Gasteiger partial charge in [-0.1, -0.05) is 0 Å². The maximum absolute atomic E-state index is 13.4. The number of rotatable bonds is 1. The molecule has 2 rings (SSSR count). The third-order valence-electron chi connectivity index (χ3n) is 2.68. The zero-order valence-corrected chi connectivity index (χ0v) is 9.17. The molecule has 1 aromatic rings. The molecular formula is C11H9F3N2O. The number of anilines is 1. The van der Waals surface area contributed by atoms with E-state index in [1.165, 1.54) is 0 Å². The van der Waals surface area contributed by atoms with Crippen molar-refractivity contribution in [1.82, 2.24) is 0 Å². The Morgan fingerprint density at radius 2 is 1.76 bits per heavy atom. The summed E-state index contributed by atoms with van der Waals surface area (Å²) in [5, 5.41) is 4.59. The molecule has 0 radical (unpaired) electrons. The molecule has 1 aliphatic heterocycles. The van der Waals surface area contributed by atoms with Crippen LogP contribution in [-0.4, -0.2) is 11.6 Å². The SMILES string of the molecule is CC1=NN(c2cc(F)c(F)cc2F)C(=O)C1C. The van der Waals surface area contributed by atoms with Crippen molar-refractivity contribution in [2.45, 2.75) is 13.8 Å². The minimum absolute atomic E-state index is 0.377. The van der Waals surface area contributed by atoms with Gasteiger partial charge in [0, 0.05) is 17.8 Å². The minimum atomic E-state index is -1.30. The fraction of sp³-hybridized carbons (Fsp3) is 0.273. The van der Waals surface area contributed by atoms with Gasteiger partial charge in [-0.25, -0.2) is 13.2 Å². The first-order valence-electron chi connectivity index (χ1n) is 4.95. The van der Waals surface area contributed by atoms with Crippen LogP contribution in [0.5, 0.6) is 0 Å². The highest BCUT2D eigenvalue weighted by Gasteiger charge is 2.32. The van der Waals surface area contributed by atoms with Gasteiger partial charge in [-0.05, 0) is 13.8 Å². The first-order chi connectivity index (χ1) is 7.91. The normalized spacial score (nSPS) is 19.8. The molecule has 3 nitrogen and oxygen atoms in total. The zero-order chi connectivity index (χ0) is 12.7. The van der Waals surface area contributed by atoms with Crippen LogP contribution in [0.4, 0.5) is 18.9 Å². The lowest BCUT2D eigenvalue weighted by atomic mass is 10.1. The molecule has 0 fully saturated rings. The largest absolute Gasteiger partial charge is 0.272 e. The highest BCUT2D eigenvalue weighted by molar-refractivity contribution is 6.14. The Balaban J connectivity index is 2.49. The van der Waals surface area contributed by atoms with Crippen LogP contribution in [0.1, 0.15) is 13.8 Å². The summed E-state index contributed by atoms with van der Waals surface area (Å²) in [7, 11) is 0. The Morgan fingerprint density at radius 3 is 2.29 bits per heavy atom. The van der Waals surface area contributed by atoms with Gasteiger partial charge in [-0.3, -0.25) is 4.79 Å². The minimum Gasteiger partial charge on any atom is -0.272 e. The third-order valence-corrected chi connectivity index (χ3v) is 2.68. The van der Waals surface area contributed by atoms with E-state index in [1.807, 2.05) is 0 Å². The molecule has 0 N–H and O–H groups in total. The van der Waals surface area contributed by atoms with Crippen LogP contribution in [0, 0.1) is 23.4 Å². The second-order valence-electron chi connectivity index (χ2n) is 3.83. The summed E-state index contributed by atoms with van der Waals surface area (Å²) in [6.07, 6.45) is 0. The van der Waals surface area contributed by atoms with Gasteiger partial charge in [-0.15, -0.1) is 0 Å². The lowest BCUT2D eigenvalue weighted by Gasteiger charge is -2.13. The third kappa shape index (κ3) is 1.79. The second-order valence-corrected chi connectivity index (χ2v) is 3.83. The van der Waals surface area contributed by atoms with E-state index < -0.39 is 29.3 Å². The molecule has 1 aliphatic rings. The maximum Gasteiger partial charge on any atom is 0.256 e. The number of hydrazone groups is 1. The van der Waals surface area contributed by atoms with Gasteiger partial charge in [0.05, 0.1) is 5.92 Å². The molecule has 0 spiro atoms. The van der Waals surface area contributed by atoms with E-state index in [2.05, 4.69) is 5.10 Å². The fourth-order valence-corrected chi connectivity index (χ4v) is 1.50. The van der Waals surface area contributed by atoms with Gasteiger partial charge >= 0.3 is 0 Å². The van der Waals surface area contributed by atoms with Gasteiger partial charge in [0.15, 0.2) is 17.5 Å². The number of halogens is 3. The van der Waals surface area contributed by atoms with Crippen LogP contribution < -0.4 is 5.01 Å². The predicted molar refractivity (Wildman–Crippen MR) is 56.1 cm³/mol. The highest BCUT2D eigenvalue weighted by atomic mass is 19.2. The van der Waals surface area contributed by atoms with E-state index in [0.717, 1.165) is 5.01 Å². The number of nitrogens with zero attached hydrogens (tertiary/aromatic N) is 2. The molecule has 1 amide bonds. The smallest absolute Gasteiger partial charge is 0.256 e. The van der Waals surface area contributed by atoms with Crippen molar-refractivity contribution in [1.29, 1.82) is 0 Å².